The zero-order chi connectivity index (χ0) is 19.1. The van der Waals surface area contributed by atoms with Crippen LogP contribution in [0, 0.1) is 11.2 Å². The molecule has 2 fully saturated rings. The van der Waals surface area contributed by atoms with Gasteiger partial charge in [0.2, 0.25) is 0 Å². The topological polar surface area (TPSA) is 24.9 Å². The molecule has 0 saturated heterocycles. The Morgan fingerprint density at radius 3 is 2.64 bits per heavy atom. The Kier molecular flexibility index (Phi) is 4.19. The van der Waals surface area contributed by atoms with Crippen LogP contribution in [-0.4, -0.2) is 11.0 Å². The number of nitrogens with one attached hydrogen (secondary N) is 1. The van der Waals surface area contributed by atoms with Crippen LogP contribution in [-0.2, 0) is 6.42 Å². The molecule has 1 spiro atoms. The molecule has 5 rings (SSSR count). The smallest absolute Gasteiger partial charge is 0.123 e. The van der Waals surface area contributed by atoms with Crippen molar-refractivity contribution in [3.63, 3.8) is 0 Å². The number of allylic oxidation sites excluding steroid dienone is 1. The number of fused-ring (bicyclic) bond motifs is 1. The predicted molar refractivity (Wildman–Crippen MR) is 112 cm³/mol. The monoisotopic (exact) mass is 372 g/mol. The van der Waals surface area contributed by atoms with Gasteiger partial charge < -0.3 is 5.32 Å². The molecule has 2 nitrogen and oxygen atoms in total. The lowest BCUT2D eigenvalue weighted by molar-refractivity contribution is -0.0173. The minimum Gasteiger partial charge on any atom is -0.386 e. The third kappa shape index (κ3) is 3.19. The number of pyridine rings is 1. The summed E-state index contributed by atoms with van der Waals surface area (Å²) in [4.78, 5) is 4.39. The summed E-state index contributed by atoms with van der Waals surface area (Å²) >= 11 is 0. The largest absolute Gasteiger partial charge is 0.386 e. The van der Waals surface area contributed by atoms with Crippen LogP contribution < -0.4 is 5.32 Å². The molecule has 0 unspecified atom stereocenters. The van der Waals surface area contributed by atoms with E-state index in [-0.39, 0.29) is 5.82 Å². The van der Waals surface area contributed by atoms with E-state index in [2.05, 4.69) is 47.2 Å². The van der Waals surface area contributed by atoms with Crippen LogP contribution in [0.4, 0.5) is 4.39 Å². The van der Waals surface area contributed by atoms with Gasteiger partial charge in [0.15, 0.2) is 0 Å². The van der Waals surface area contributed by atoms with Gasteiger partial charge in [-0.1, -0.05) is 36.9 Å². The van der Waals surface area contributed by atoms with Crippen molar-refractivity contribution in [3.8, 4) is 0 Å². The van der Waals surface area contributed by atoms with E-state index in [1.165, 1.54) is 42.9 Å². The molecule has 1 aromatic heterocycles. The van der Waals surface area contributed by atoms with Gasteiger partial charge in [0, 0.05) is 29.7 Å². The zero-order valence-electron chi connectivity index (χ0n) is 16.0. The molecule has 2 aliphatic carbocycles. The lowest BCUT2D eigenvalue weighted by atomic mass is 9.49. The van der Waals surface area contributed by atoms with Crippen molar-refractivity contribution >= 4 is 10.9 Å². The summed E-state index contributed by atoms with van der Waals surface area (Å²) in [5.74, 6) is 0.349. The highest BCUT2D eigenvalue weighted by atomic mass is 19.1. The Morgan fingerprint density at radius 2 is 1.86 bits per heavy atom. The first-order valence-corrected chi connectivity index (χ1v) is 10.1. The van der Waals surface area contributed by atoms with E-state index in [9.17, 15) is 4.39 Å². The molecule has 28 heavy (non-hydrogen) atoms. The van der Waals surface area contributed by atoms with E-state index in [0.717, 1.165) is 23.0 Å². The van der Waals surface area contributed by atoms with Crippen LogP contribution in [0.5, 0.6) is 0 Å². The summed E-state index contributed by atoms with van der Waals surface area (Å²) in [6, 6.07) is 18.0. The van der Waals surface area contributed by atoms with Gasteiger partial charge in [-0.2, -0.15) is 0 Å². The minimum absolute atomic E-state index is 0.180. The molecule has 0 aliphatic heterocycles. The van der Waals surface area contributed by atoms with Crippen molar-refractivity contribution in [1.29, 1.82) is 0 Å². The molecule has 2 aliphatic rings. The number of rotatable bonds is 5. The van der Waals surface area contributed by atoms with Gasteiger partial charge in [-0.15, -0.1) is 0 Å². The highest BCUT2D eigenvalue weighted by Gasteiger charge is 2.53. The number of hydrogen-bond acceptors (Lipinski definition) is 2. The van der Waals surface area contributed by atoms with E-state index >= 15 is 0 Å². The first-order chi connectivity index (χ1) is 13.6. The molecular weight excluding hydrogens is 347 g/mol. The molecule has 0 bridgehead atoms. The van der Waals surface area contributed by atoms with E-state index in [4.69, 9.17) is 0 Å². The van der Waals surface area contributed by atoms with Crippen LogP contribution in [0.1, 0.15) is 42.7 Å². The summed E-state index contributed by atoms with van der Waals surface area (Å²) in [6.45, 7) is 4.21. The molecule has 3 aromatic rings. The predicted octanol–water partition coefficient (Wildman–Crippen LogP) is 5.75. The molecule has 142 valence electrons. The van der Waals surface area contributed by atoms with Crippen molar-refractivity contribution in [2.75, 3.05) is 0 Å². The molecule has 2 saturated carbocycles. The Balaban J connectivity index is 1.18. The van der Waals surface area contributed by atoms with Crippen LogP contribution in [0.25, 0.3) is 10.9 Å². The molecule has 0 atom stereocenters. The highest BCUT2D eigenvalue weighted by molar-refractivity contribution is 5.82. The van der Waals surface area contributed by atoms with Crippen molar-refractivity contribution < 1.29 is 4.39 Å². The average molecular weight is 372 g/mol. The van der Waals surface area contributed by atoms with Crippen molar-refractivity contribution in [3.05, 3.63) is 90.0 Å². The van der Waals surface area contributed by atoms with Crippen molar-refractivity contribution in [2.24, 2.45) is 5.41 Å². The lowest BCUT2D eigenvalue weighted by Crippen LogP contribution is -2.54. The maximum atomic E-state index is 13.7. The maximum Gasteiger partial charge on any atom is 0.123 e. The summed E-state index contributed by atoms with van der Waals surface area (Å²) in [5.41, 5.74) is 5.04. The third-order valence-electron chi connectivity index (χ3n) is 6.56. The average Bonchev–Trinajstić information content (AvgIpc) is 2.63. The molecule has 1 heterocycles. The van der Waals surface area contributed by atoms with E-state index in [1.54, 1.807) is 12.1 Å². The van der Waals surface area contributed by atoms with Crippen molar-refractivity contribution in [2.45, 2.75) is 44.1 Å². The van der Waals surface area contributed by atoms with Gasteiger partial charge in [-0.3, -0.25) is 4.98 Å². The van der Waals surface area contributed by atoms with Crippen LogP contribution >= 0.6 is 0 Å². The third-order valence-corrected chi connectivity index (χ3v) is 6.56. The van der Waals surface area contributed by atoms with Crippen LogP contribution in [0.2, 0.25) is 0 Å². The number of nitrogens with zero attached hydrogens (tertiary/aromatic N) is 1. The normalized spacial score (nSPS) is 25.9. The maximum absolute atomic E-state index is 13.7. The minimum atomic E-state index is -0.180. The quantitative estimate of drug-likeness (QED) is 0.617. The highest BCUT2D eigenvalue weighted by Crippen LogP contribution is 2.62. The Bertz CT molecular complexity index is 1010. The van der Waals surface area contributed by atoms with Gasteiger partial charge in [-0.25, -0.2) is 4.39 Å². The summed E-state index contributed by atoms with van der Waals surface area (Å²) in [6.07, 6.45) is 7.59. The van der Waals surface area contributed by atoms with Gasteiger partial charge in [0.05, 0.1) is 5.52 Å². The van der Waals surface area contributed by atoms with E-state index < -0.39 is 0 Å². The Labute approximate surface area is 165 Å². The standard InChI is InChI=1S/C25H25FN2/c1-17(11-18-5-3-2-4-6-18)28-21-15-25(16-21)13-19(14-25)22-9-10-27-24-8-7-20(26)12-23(22)24/h2-10,12,19,21,28H,1,11,13-16H2. The van der Waals surface area contributed by atoms with Crippen LogP contribution in [0.3, 0.4) is 0 Å². The number of hydrogen-bond donors (Lipinski definition) is 1. The first kappa shape index (κ1) is 17.4. The van der Waals surface area contributed by atoms with Crippen LogP contribution in [0.15, 0.2) is 73.1 Å². The van der Waals surface area contributed by atoms with E-state index in [0.29, 0.717) is 17.4 Å². The van der Waals surface area contributed by atoms with Gasteiger partial charge >= 0.3 is 0 Å². The van der Waals surface area contributed by atoms with E-state index in [1.807, 2.05) is 12.3 Å². The molecule has 0 amide bonds. The second-order valence-corrected chi connectivity index (χ2v) is 8.68. The fourth-order valence-corrected chi connectivity index (χ4v) is 5.30. The summed E-state index contributed by atoms with van der Waals surface area (Å²) in [7, 11) is 0. The lowest BCUT2D eigenvalue weighted by Gasteiger charge is -2.58. The Morgan fingerprint density at radius 1 is 1.07 bits per heavy atom. The second kappa shape index (κ2) is 6.73. The molecule has 2 aromatic carbocycles. The Hall–Kier alpha value is -2.68. The first-order valence-electron chi connectivity index (χ1n) is 10.1. The number of benzene rings is 2. The number of aromatic nitrogens is 1. The second-order valence-electron chi connectivity index (χ2n) is 8.68. The molecular formula is C25H25FN2. The van der Waals surface area contributed by atoms with Crippen molar-refractivity contribution in [1.82, 2.24) is 10.3 Å². The summed E-state index contributed by atoms with van der Waals surface area (Å²) in [5, 5.41) is 4.61. The molecule has 3 heteroatoms. The fraction of sp³-hybridized carbons (Fsp3) is 0.320. The SMILES string of the molecule is C=C(Cc1ccccc1)NC1CC2(C1)CC(c1ccnc3ccc(F)cc13)C2. The van der Waals surface area contributed by atoms with Gasteiger partial charge in [-0.05, 0) is 72.4 Å². The molecule has 0 radical (unpaired) electrons. The molecule has 1 N–H and O–H groups in total. The fourth-order valence-electron chi connectivity index (χ4n) is 5.30. The number of halogens is 1. The zero-order valence-corrected chi connectivity index (χ0v) is 16.0. The van der Waals surface area contributed by atoms with Gasteiger partial charge in [0.25, 0.3) is 0 Å². The van der Waals surface area contributed by atoms with Gasteiger partial charge in [0.1, 0.15) is 5.82 Å². The summed E-state index contributed by atoms with van der Waals surface area (Å²) < 4.78 is 13.7.